The van der Waals surface area contributed by atoms with Gasteiger partial charge in [0.1, 0.15) is 30.4 Å². The SMILES string of the molecule is [2H]C1(O)[C@@H](O)[C@@H](CO)O[C@@]1([2H])N1C=NC(N)=NC1=C. The molecule has 5 N–H and O–H groups in total. The Morgan fingerprint density at radius 3 is 2.88 bits per heavy atom. The Labute approximate surface area is 100 Å². The van der Waals surface area contributed by atoms with Crippen molar-refractivity contribution >= 4 is 12.3 Å². The van der Waals surface area contributed by atoms with Crippen molar-refractivity contribution in [1.82, 2.24) is 4.90 Å². The van der Waals surface area contributed by atoms with Crippen LogP contribution in [0.4, 0.5) is 0 Å². The number of rotatable bonds is 2. The summed E-state index contributed by atoms with van der Waals surface area (Å²) in [5, 5.41) is 28.7. The van der Waals surface area contributed by atoms with Crippen LogP contribution in [0, 0.1) is 0 Å². The summed E-state index contributed by atoms with van der Waals surface area (Å²) in [7, 11) is 0. The summed E-state index contributed by atoms with van der Waals surface area (Å²) in [5.41, 5.74) is 5.34. The number of ether oxygens (including phenoxy) is 1. The lowest BCUT2D eigenvalue weighted by atomic mass is 10.1. The minimum Gasteiger partial charge on any atom is -0.394 e. The molecule has 0 aromatic heterocycles. The summed E-state index contributed by atoms with van der Waals surface area (Å²) in [6.45, 7) is 2.85. The second-order valence-electron chi connectivity index (χ2n) is 3.47. The highest BCUT2D eigenvalue weighted by Crippen LogP contribution is 2.26. The van der Waals surface area contributed by atoms with E-state index >= 15 is 0 Å². The van der Waals surface area contributed by atoms with Crippen molar-refractivity contribution in [3.8, 4) is 0 Å². The molecule has 0 radical (unpaired) electrons. The molecule has 1 fully saturated rings. The smallest absolute Gasteiger partial charge is 0.223 e. The van der Waals surface area contributed by atoms with Crippen molar-refractivity contribution in [3.05, 3.63) is 12.4 Å². The molecule has 2 aliphatic rings. The largest absolute Gasteiger partial charge is 0.394 e. The van der Waals surface area contributed by atoms with E-state index in [1.165, 1.54) is 0 Å². The van der Waals surface area contributed by atoms with Gasteiger partial charge in [-0.15, -0.1) is 0 Å². The molecule has 0 aromatic rings. The second-order valence-corrected chi connectivity index (χ2v) is 3.47. The highest BCUT2D eigenvalue weighted by Gasteiger charge is 2.45. The van der Waals surface area contributed by atoms with Gasteiger partial charge in [-0.1, -0.05) is 6.58 Å². The van der Waals surface area contributed by atoms with Crippen molar-refractivity contribution in [3.63, 3.8) is 0 Å². The predicted molar refractivity (Wildman–Crippen MR) is 58.9 cm³/mol. The van der Waals surface area contributed by atoms with Gasteiger partial charge in [-0.25, -0.2) is 4.99 Å². The average molecular weight is 244 g/mol. The quantitative estimate of drug-likeness (QED) is 0.427. The zero-order valence-corrected chi connectivity index (χ0v) is 8.82. The van der Waals surface area contributed by atoms with Crippen LogP contribution in [-0.2, 0) is 4.74 Å². The number of guanidine groups is 1. The molecule has 0 bridgehead atoms. The van der Waals surface area contributed by atoms with E-state index in [0.717, 1.165) is 11.2 Å². The van der Waals surface area contributed by atoms with Gasteiger partial charge in [0.05, 0.1) is 9.35 Å². The molecule has 94 valence electrons. The van der Waals surface area contributed by atoms with Gasteiger partial charge >= 0.3 is 0 Å². The highest BCUT2D eigenvalue weighted by molar-refractivity contribution is 5.89. The minimum atomic E-state index is -2.74. The van der Waals surface area contributed by atoms with E-state index in [1.807, 2.05) is 0 Å². The molecular formula is C9H14N4O4. The lowest BCUT2D eigenvalue weighted by Gasteiger charge is -2.29. The summed E-state index contributed by atoms with van der Waals surface area (Å²) in [6.07, 6.45) is -7.24. The third-order valence-corrected chi connectivity index (χ3v) is 2.34. The number of aliphatic hydroxyl groups excluding tert-OH is 2. The molecule has 8 nitrogen and oxygen atoms in total. The molecule has 8 heteroatoms. The second kappa shape index (κ2) is 4.41. The molecule has 1 unspecified atom stereocenters. The number of nitrogens with two attached hydrogens (primary N) is 1. The van der Waals surface area contributed by atoms with E-state index in [-0.39, 0.29) is 11.8 Å². The molecule has 1 saturated heterocycles. The fraction of sp³-hybridized carbons (Fsp3) is 0.556. The summed E-state index contributed by atoms with van der Waals surface area (Å²) < 4.78 is 20.8. The van der Waals surface area contributed by atoms with E-state index in [2.05, 4.69) is 16.6 Å². The number of hydrogen-bond donors (Lipinski definition) is 4. The van der Waals surface area contributed by atoms with Crippen LogP contribution >= 0.6 is 0 Å². The molecule has 0 spiro atoms. The molecule has 0 aromatic carbocycles. The number of aliphatic imine (C=N–C) groups is 2. The van der Waals surface area contributed by atoms with Crippen LogP contribution in [0.3, 0.4) is 0 Å². The normalized spacial score (nSPS) is 47.8. The van der Waals surface area contributed by atoms with Crippen molar-refractivity contribution in [1.29, 1.82) is 0 Å². The fourth-order valence-electron chi connectivity index (χ4n) is 1.46. The Hall–Kier alpha value is -1.48. The maximum Gasteiger partial charge on any atom is 0.223 e. The van der Waals surface area contributed by atoms with Crippen molar-refractivity contribution in [2.45, 2.75) is 24.5 Å². The van der Waals surface area contributed by atoms with Gasteiger partial charge in [0.15, 0.2) is 6.20 Å². The van der Waals surface area contributed by atoms with E-state index < -0.39 is 31.1 Å². The van der Waals surface area contributed by atoms with E-state index in [1.54, 1.807) is 0 Å². The molecule has 0 amide bonds. The molecule has 17 heavy (non-hydrogen) atoms. The van der Waals surface area contributed by atoms with Gasteiger partial charge in [0.2, 0.25) is 5.96 Å². The van der Waals surface area contributed by atoms with Crippen LogP contribution in [0.5, 0.6) is 0 Å². The topological polar surface area (TPSA) is 124 Å². The van der Waals surface area contributed by atoms with Crippen LogP contribution < -0.4 is 5.73 Å². The van der Waals surface area contributed by atoms with Gasteiger partial charge in [-0.2, -0.15) is 4.99 Å². The first-order valence-corrected chi connectivity index (χ1v) is 4.79. The Kier molecular flexibility index (Phi) is 2.48. The lowest BCUT2D eigenvalue weighted by Crippen LogP contribution is -2.44. The summed E-state index contributed by atoms with van der Waals surface area (Å²) >= 11 is 0. The van der Waals surface area contributed by atoms with Crippen LogP contribution in [0.25, 0.3) is 0 Å². The highest BCUT2D eigenvalue weighted by atomic mass is 16.6. The van der Waals surface area contributed by atoms with Gasteiger partial charge < -0.3 is 25.8 Å². The third kappa shape index (κ3) is 2.03. The molecular weight excluding hydrogens is 228 g/mol. The molecule has 0 saturated carbocycles. The molecule has 2 rings (SSSR count). The van der Waals surface area contributed by atoms with Crippen LogP contribution in [0.15, 0.2) is 22.4 Å². The fourth-order valence-corrected chi connectivity index (χ4v) is 1.46. The number of aliphatic hydroxyl groups is 3. The Morgan fingerprint density at radius 2 is 2.35 bits per heavy atom. The van der Waals surface area contributed by atoms with Crippen LogP contribution in [0.2, 0.25) is 0 Å². The zero-order chi connectivity index (χ0) is 14.4. The molecule has 4 atom stereocenters. The average Bonchev–Trinajstić information content (AvgIpc) is 2.50. The molecule has 2 heterocycles. The first-order chi connectivity index (χ1) is 8.74. The first-order valence-electron chi connectivity index (χ1n) is 5.79. The number of nitrogens with zero attached hydrogens (tertiary/aromatic N) is 3. The number of hydrogen-bond acceptors (Lipinski definition) is 8. The van der Waals surface area contributed by atoms with E-state index in [9.17, 15) is 10.2 Å². The summed E-state index contributed by atoms with van der Waals surface area (Å²) in [5.74, 6) is -0.186. The zero-order valence-electron chi connectivity index (χ0n) is 10.8. The predicted octanol–water partition coefficient (Wildman–Crippen LogP) is -2.44. The maximum atomic E-state index is 9.99. The van der Waals surface area contributed by atoms with Crippen molar-refractivity contribution in [2.24, 2.45) is 15.7 Å². The van der Waals surface area contributed by atoms with Gasteiger partial charge in [-0.05, 0) is 0 Å². The molecule has 0 aliphatic carbocycles. The standard InChI is InChI=1S/C9H14N4O4/c1-4-12-9(10)11-3-13(4)8-7(16)6(15)5(2-14)17-8/h3,5-8,14-16H,1-2H2,(H2,10,12)/t5-,6+,7?,8-/m1/s1/i7D,8D. The van der Waals surface area contributed by atoms with E-state index in [0.29, 0.717) is 0 Å². The minimum absolute atomic E-state index is 0.0843. The summed E-state index contributed by atoms with van der Waals surface area (Å²) in [6, 6.07) is 0. The summed E-state index contributed by atoms with van der Waals surface area (Å²) in [4.78, 5) is 8.16. The Balaban J connectivity index is 2.38. The Bertz CT molecular complexity index is 469. The third-order valence-electron chi connectivity index (χ3n) is 2.34. The van der Waals surface area contributed by atoms with Crippen molar-refractivity contribution in [2.75, 3.05) is 6.61 Å². The van der Waals surface area contributed by atoms with Gasteiger partial charge in [0, 0.05) is 0 Å². The van der Waals surface area contributed by atoms with E-state index in [4.69, 9.17) is 18.3 Å². The monoisotopic (exact) mass is 244 g/mol. The van der Waals surface area contributed by atoms with Gasteiger partial charge in [-0.3, -0.25) is 4.90 Å². The van der Waals surface area contributed by atoms with Gasteiger partial charge in [0.25, 0.3) is 0 Å². The lowest BCUT2D eigenvalue weighted by molar-refractivity contribution is -0.0607. The molecule has 2 aliphatic heterocycles. The van der Waals surface area contributed by atoms with Crippen molar-refractivity contribution < 1.29 is 22.8 Å². The Morgan fingerprint density at radius 1 is 1.65 bits per heavy atom. The maximum absolute atomic E-state index is 9.99. The first kappa shape index (κ1) is 9.54. The van der Waals surface area contributed by atoms with Crippen LogP contribution in [-0.4, -0.2) is 63.6 Å². The van der Waals surface area contributed by atoms with Crippen LogP contribution in [0.1, 0.15) is 2.74 Å².